The molecule has 14 heteroatoms. The van der Waals surface area contributed by atoms with Crippen LogP contribution in [-0.2, 0) is 4.74 Å². The SMILES string of the molecule is N#Cc1c(N)sc2c(F)ccc(-c3c(Cl)c4c5c(nc(OC[C@@]67CCCN6C[C@H](F)C7)c(=O)n5C(C5CCC6(COC6)C5)CO4)c3F)c12. The summed E-state index contributed by atoms with van der Waals surface area (Å²) in [4.78, 5) is 21.0. The number of anilines is 1. The van der Waals surface area contributed by atoms with Gasteiger partial charge in [-0.15, -0.1) is 11.3 Å². The lowest BCUT2D eigenvalue weighted by Gasteiger charge is -2.39. The molecule has 2 unspecified atom stereocenters. The Labute approximate surface area is 281 Å². The second-order valence-corrected chi connectivity index (χ2v) is 15.5. The molecule has 4 aromatic rings. The van der Waals surface area contributed by atoms with E-state index in [1.165, 1.54) is 12.1 Å². The van der Waals surface area contributed by atoms with E-state index in [-0.39, 0.29) is 84.0 Å². The smallest absolute Gasteiger partial charge is 0.314 e. The average molecular weight is 698 g/mol. The molecule has 6 heterocycles. The predicted molar refractivity (Wildman–Crippen MR) is 175 cm³/mol. The fourth-order valence-corrected chi connectivity index (χ4v) is 10.4. The van der Waals surface area contributed by atoms with Crippen molar-refractivity contribution < 1.29 is 27.4 Å². The molecule has 3 saturated heterocycles. The minimum atomic E-state index is -0.992. The van der Waals surface area contributed by atoms with Crippen molar-refractivity contribution in [2.75, 3.05) is 45.3 Å². The number of rotatable bonds is 5. The Bertz CT molecular complexity index is 2150. The zero-order valence-electron chi connectivity index (χ0n) is 25.8. The Kier molecular flexibility index (Phi) is 6.80. The lowest BCUT2D eigenvalue weighted by atomic mass is 9.82. The summed E-state index contributed by atoms with van der Waals surface area (Å²) in [5.74, 6) is -1.64. The topological polar surface area (TPSA) is 116 Å². The van der Waals surface area contributed by atoms with E-state index in [1.807, 2.05) is 6.07 Å². The van der Waals surface area contributed by atoms with Crippen molar-refractivity contribution in [3.8, 4) is 28.8 Å². The van der Waals surface area contributed by atoms with Crippen molar-refractivity contribution >= 4 is 49.1 Å². The van der Waals surface area contributed by atoms with Gasteiger partial charge in [-0.1, -0.05) is 17.7 Å². The Balaban J connectivity index is 1.25. The lowest BCUT2D eigenvalue weighted by Crippen LogP contribution is -2.45. The summed E-state index contributed by atoms with van der Waals surface area (Å²) < 4.78 is 66.4. The van der Waals surface area contributed by atoms with Gasteiger partial charge < -0.3 is 19.9 Å². The van der Waals surface area contributed by atoms with Crippen LogP contribution in [-0.4, -0.2) is 65.7 Å². The van der Waals surface area contributed by atoms with Crippen LogP contribution in [0.1, 0.15) is 50.1 Å². The van der Waals surface area contributed by atoms with Gasteiger partial charge in [-0.05, 0) is 56.2 Å². The van der Waals surface area contributed by atoms with E-state index in [1.54, 1.807) is 4.57 Å². The van der Waals surface area contributed by atoms with Gasteiger partial charge in [0.05, 0.1) is 40.1 Å². The van der Waals surface area contributed by atoms with E-state index in [0.29, 0.717) is 26.2 Å². The highest BCUT2D eigenvalue weighted by atomic mass is 35.5. The molecule has 0 amide bonds. The molecule has 0 radical (unpaired) electrons. The number of halogens is 4. The fourth-order valence-electron chi connectivity index (χ4n) is 9.09. The second kappa shape index (κ2) is 10.7. The van der Waals surface area contributed by atoms with Crippen LogP contribution in [0.25, 0.3) is 32.2 Å². The summed E-state index contributed by atoms with van der Waals surface area (Å²) in [5, 5.41) is 10.0. The number of fused-ring (bicyclic) bond motifs is 2. The quantitative estimate of drug-likeness (QED) is 0.256. The first-order valence-electron chi connectivity index (χ1n) is 16.2. The van der Waals surface area contributed by atoms with Crippen LogP contribution in [0.3, 0.4) is 0 Å². The van der Waals surface area contributed by atoms with Crippen molar-refractivity contribution in [1.82, 2.24) is 14.5 Å². The Morgan fingerprint density at radius 2 is 2.08 bits per heavy atom. The molecule has 2 aromatic heterocycles. The van der Waals surface area contributed by atoms with Crippen molar-refractivity contribution in [2.24, 2.45) is 11.3 Å². The van der Waals surface area contributed by atoms with Crippen LogP contribution in [0.2, 0.25) is 5.02 Å². The number of nitriles is 1. The number of nitrogen functional groups attached to an aromatic ring is 1. The third-order valence-electron chi connectivity index (χ3n) is 11.4. The van der Waals surface area contributed by atoms with Gasteiger partial charge in [0.1, 0.15) is 47.3 Å². The Morgan fingerprint density at radius 1 is 1.25 bits per heavy atom. The van der Waals surface area contributed by atoms with Gasteiger partial charge in [-0.2, -0.15) is 5.26 Å². The fraction of sp³-hybridized carbons (Fsp3) is 0.500. The Hall–Kier alpha value is -3.57. The van der Waals surface area contributed by atoms with E-state index in [9.17, 15) is 18.8 Å². The summed E-state index contributed by atoms with van der Waals surface area (Å²) >= 11 is 7.86. The van der Waals surface area contributed by atoms with Crippen LogP contribution in [0, 0.1) is 34.3 Å². The molecule has 2 aromatic carbocycles. The van der Waals surface area contributed by atoms with Crippen LogP contribution in [0.15, 0.2) is 16.9 Å². The molecule has 1 aliphatic carbocycles. The summed E-state index contributed by atoms with van der Waals surface area (Å²) in [6.45, 7) is 2.55. The predicted octanol–water partition coefficient (Wildman–Crippen LogP) is 6.37. The molecular formula is C34H31ClF3N5O4S. The number of alkyl halides is 1. The molecule has 4 atom stereocenters. The van der Waals surface area contributed by atoms with E-state index >= 15 is 4.39 Å². The minimum Gasteiger partial charge on any atom is -0.488 e. The first kappa shape index (κ1) is 30.5. The van der Waals surface area contributed by atoms with Crippen LogP contribution in [0.5, 0.6) is 11.6 Å². The molecule has 4 aliphatic heterocycles. The maximum Gasteiger partial charge on any atom is 0.314 e. The maximum atomic E-state index is 17.2. The van der Waals surface area contributed by atoms with Crippen molar-refractivity contribution in [1.29, 1.82) is 5.26 Å². The number of benzene rings is 2. The summed E-state index contributed by atoms with van der Waals surface area (Å²) in [6, 6.07) is 4.10. The largest absolute Gasteiger partial charge is 0.488 e. The molecule has 4 fully saturated rings. The molecule has 9 nitrogen and oxygen atoms in total. The Morgan fingerprint density at radius 3 is 2.83 bits per heavy atom. The van der Waals surface area contributed by atoms with E-state index in [4.69, 9.17) is 31.5 Å². The third-order valence-corrected chi connectivity index (χ3v) is 12.8. The maximum absolute atomic E-state index is 17.2. The number of nitrogens with two attached hydrogens (primary N) is 1. The van der Waals surface area contributed by atoms with Gasteiger partial charge in [-0.3, -0.25) is 14.3 Å². The molecule has 2 N–H and O–H groups in total. The highest BCUT2D eigenvalue weighted by molar-refractivity contribution is 7.23. The first-order valence-corrected chi connectivity index (χ1v) is 17.4. The number of hydrogen-bond donors (Lipinski definition) is 1. The minimum absolute atomic E-state index is 0.00915. The number of ether oxygens (including phenoxy) is 3. The van der Waals surface area contributed by atoms with Crippen molar-refractivity contribution in [2.45, 2.75) is 56.3 Å². The highest BCUT2D eigenvalue weighted by Gasteiger charge is 2.51. The number of nitrogens with zero attached hydrogens (tertiary/aromatic N) is 4. The average Bonchev–Trinajstić information content (AvgIpc) is 3.81. The van der Waals surface area contributed by atoms with Crippen molar-refractivity contribution in [3.63, 3.8) is 0 Å². The van der Waals surface area contributed by atoms with E-state index in [0.717, 1.165) is 50.0 Å². The van der Waals surface area contributed by atoms with Crippen LogP contribution < -0.4 is 20.8 Å². The summed E-state index contributed by atoms with van der Waals surface area (Å²) in [5.41, 5.74) is 5.00. The van der Waals surface area contributed by atoms with Crippen LogP contribution in [0.4, 0.5) is 18.2 Å². The number of hydrogen-bond acceptors (Lipinski definition) is 9. The monoisotopic (exact) mass is 697 g/mol. The summed E-state index contributed by atoms with van der Waals surface area (Å²) in [6.07, 6.45) is 3.54. The number of thiophene rings is 1. The van der Waals surface area contributed by atoms with Gasteiger partial charge >= 0.3 is 5.56 Å². The number of aromatic nitrogens is 2. The first-order chi connectivity index (χ1) is 23.1. The van der Waals surface area contributed by atoms with Gasteiger partial charge in [0.25, 0.3) is 5.88 Å². The lowest BCUT2D eigenvalue weighted by molar-refractivity contribution is -0.111. The molecule has 48 heavy (non-hydrogen) atoms. The van der Waals surface area contributed by atoms with Crippen molar-refractivity contribution in [3.05, 3.63) is 44.7 Å². The van der Waals surface area contributed by atoms with Gasteiger partial charge in [0.2, 0.25) is 0 Å². The van der Waals surface area contributed by atoms with Gasteiger partial charge in [-0.25, -0.2) is 18.2 Å². The van der Waals surface area contributed by atoms with E-state index < -0.39 is 34.9 Å². The van der Waals surface area contributed by atoms with Gasteiger partial charge in [0.15, 0.2) is 11.6 Å². The second-order valence-electron chi connectivity index (χ2n) is 14.1. The molecule has 1 spiro atoms. The highest BCUT2D eigenvalue weighted by Crippen LogP contribution is 2.54. The normalized spacial score (nSPS) is 27.4. The summed E-state index contributed by atoms with van der Waals surface area (Å²) in [7, 11) is 0. The molecule has 1 saturated carbocycles. The van der Waals surface area contributed by atoms with Crippen LogP contribution >= 0.6 is 22.9 Å². The molecule has 250 valence electrons. The zero-order chi connectivity index (χ0) is 33.1. The zero-order valence-corrected chi connectivity index (χ0v) is 27.4. The molecule has 5 aliphatic rings. The van der Waals surface area contributed by atoms with Gasteiger partial charge in [0, 0.05) is 29.3 Å². The molecule has 9 rings (SSSR count). The third kappa shape index (κ3) is 4.22. The van der Waals surface area contributed by atoms with E-state index in [2.05, 4.69) is 9.88 Å². The molecule has 0 bridgehead atoms. The standard InChI is InChI=1S/C34H31ClF3N5O4S/c35-24-23(18-2-3-20(37)29-22(18)19(10-39)30(40)48-29)25(38)26-27-28(24)46-12-21(16-4-6-33(8-16)13-45-14-33)43(27)32(44)31(41-26)47-15-34-5-1-7-42(34)11-17(36)9-34/h2-3,16-17,21H,1,4-9,11-15,40H2/t16?,17-,21?,34+/m1/s1. The molecular weight excluding hydrogens is 667 g/mol.